The van der Waals surface area contributed by atoms with Crippen LogP contribution in [0.4, 0.5) is 5.69 Å². The molecule has 0 bridgehead atoms. The minimum Gasteiger partial charge on any atom is -0.383 e. The summed E-state index contributed by atoms with van der Waals surface area (Å²) < 4.78 is 0. The van der Waals surface area contributed by atoms with Gasteiger partial charge in [-0.25, -0.2) is 0 Å². The molecule has 0 aromatic carbocycles. The summed E-state index contributed by atoms with van der Waals surface area (Å²) in [6.07, 6.45) is 4.16. The molecule has 1 amide bonds. The number of likely N-dealkylation sites (N-methyl/N-ethyl adjacent to an activating group) is 1. The molecule has 0 spiro atoms. The first kappa shape index (κ1) is 12.8. The Balaban J connectivity index is 1.95. The standard InChI is InChI=1S/C13H20N4O/c1-14-13(18)12-8-10(5-6-15-12)16-9-11-4-3-7-17(11)2/h5-6,8,11H,3-4,7,9H2,1-2H3,(H,14,18)(H,15,16). The Bertz CT molecular complexity index is 421. The largest absolute Gasteiger partial charge is 0.383 e. The first-order chi connectivity index (χ1) is 8.70. The lowest BCUT2D eigenvalue weighted by Gasteiger charge is -2.20. The fraction of sp³-hybridized carbons (Fsp3) is 0.538. The van der Waals surface area contributed by atoms with Crippen LogP contribution in [0.2, 0.25) is 0 Å². The number of rotatable bonds is 4. The van der Waals surface area contributed by atoms with Crippen LogP contribution in [0.5, 0.6) is 0 Å². The van der Waals surface area contributed by atoms with E-state index in [1.54, 1.807) is 19.3 Å². The molecule has 5 heteroatoms. The molecule has 5 nitrogen and oxygen atoms in total. The van der Waals surface area contributed by atoms with Gasteiger partial charge in [0.1, 0.15) is 5.69 Å². The van der Waals surface area contributed by atoms with E-state index in [1.807, 2.05) is 6.07 Å². The minimum absolute atomic E-state index is 0.156. The number of hydrogen-bond donors (Lipinski definition) is 2. The van der Waals surface area contributed by atoms with Crippen molar-refractivity contribution in [2.75, 3.05) is 32.5 Å². The van der Waals surface area contributed by atoms with E-state index in [4.69, 9.17) is 0 Å². The van der Waals surface area contributed by atoms with Gasteiger partial charge in [0.15, 0.2) is 0 Å². The van der Waals surface area contributed by atoms with Gasteiger partial charge in [-0.2, -0.15) is 0 Å². The van der Waals surface area contributed by atoms with Crippen LogP contribution in [0.3, 0.4) is 0 Å². The van der Waals surface area contributed by atoms with Gasteiger partial charge in [0.05, 0.1) is 0 Å². The smallest absolute Gasteiger partial charge is 0.269 e. The fourth-order valence-electron chi connectivity index (χ4n) is 2.27. The van der Waals surface area contributed by atoms with E-state index in [-0.39, 0.29) is 5.91 Å². The number of amides is 1. The maximum atomic E-state index is 11.5. The predicted molar refractivity (Wildman–Crippen MR) is 71.8 cm³/mol. The second kappa shape index (κ2) is 5.82. The van der Waals surface area contributed by atoms with E-state index in [1.165, 1.54) is 19.4 Å². The number of aromatic nitrogens is 1. The summed E-state index contributed by atoms with van der Waals surface area (Å²) in [6, 6.07) is 4.26. The zero-order chi connectivity index (χ0) is 13.0. The van der Waals surface area contributed by atoms with Gasteiger partial charge in [-0.15, -0.1) is 0 Å². The van der Waals surface area contributed by atoms with E-state index >= 15 is 0 Å². The van der Waals surface area contributed by atoms with Crippen molar-refractivity contribution in [3.8, 4) is 0 Å². The van der Waals surface area contributed by atoms with Crippen LogP contribution in [-0.4, -0.2) is 49.0 Å². The first-order valence-electron chi connectivity index (χ1n) is 6.33. The number of nitrogens with zero attached hydrogens (tertiary/aromatic N) is 2. The number of carbonyl (C=O) groups is 1. The van der Waals surface area contributed by atoms with Crippen LogP contribution in [0.1, 0.15) is 23.3 Å². The Morgan fingerprint density at radius 3 is 3.11 bits per heavy atom. The third-order valence-electron chi connectivity index (χ3n) is 3.43. The van der Waals surface area contributed by atoms with Gasteiger partial charge in [0.2, 0.25) is 0 Å². The molecule has 0 radical (unpaired) electrons. The molecular formula is C13H20N4O. The van der Waals surface area contributed by atoms with Gasteiger partial charge >= 0.3 is 0 Å². The van der Waals surface area contributed by atoms with Gasteiger partial charge in [0, 0.05) is 31.5 Å². The van der Waals surface area contributed by atoms with Crippen LogP contribution in [0, 0.1) is 0 Å². The van der Waals surface area contributed by atoms with Crippen LogP contribution < -0.4 is 10.6 Å². The monoisotopic (exact) mass is 248 g/mol. The Labute approximate surface area is 108 Å². The maximum absolute atomic E-state index is 11.5. The molecule has 1 aliphatic rings. The average Bonchev–Trinajstić information content (AvgIpc) is 2.81. The molecule has 2 N–H and O–H groups in total. The molecule has 2 rings (SSSR count). The highest BCUT2D eigenvalue weighted by Crippen LogP contribution is 2.16. The molecular weight excluding hydrogens is 228 g/mol. The number of likely N-dealkylation sites (tertiary alicyclic amines) is 1. The second-order valence-corrected chi connectivity index (χ2v) is 4.67. The molecule has 0 saturated carbocycles. The Kier molecular flexibility index (Phi) is 4.15. The van der Waals surface area contributed by atoms with Gasteiger partial charge in [-0.05, 0) is 38.6 Å². The molecule has 98 valence electrons. The predicted octanol–water partition coefficient (Wildman–Crippen LogP) is 0.947. The summed E-state index contributed by atoms with van der Waals surface area (Å²) in [7, 11) is 3.76. The van der Waals surface area contributed by atoms with Gasteiger partial charge in [0.25, 0.3) is 5.91 Å². The third kappa shape index (κ3) is 2.98. The second-order valence-electron chi connectivity index (χ2n) is 4.67. The van der Waals surface area contributed by atoms with E-state index in [9.17, 15) is 4.79 Å². The molecule has 1 aromatic rings. The van der Waals surface area contributed by atoms with E-state index in [2.05, 4.69) is 27.6 Å². The van der Waals surface area contributed by atoms with Crippen molar-refractivity contribution in [3.63, 3.8) is 0 Å². The SMILES string of the molecule is CNC(=O)c1cc(NCC2CCCN2C)ccn1. The highest BCUT2D eigenvalue weighted by molar-refractivity contribution is 5.92. The van der Waals surface area contributed by atoms with Gasteiger partial charge in [-0.1, -0.05) is 0 Å². The Morgan fingerprint density at radius 2 is 2.44 bits per heavy atom. The molecule has 1 aliphatic heterocycles. The summed E-state index contributed by atoms with van der Waals surface area (Å²) in [5.41, 5.74) is 1.39. The van der Waals surface area contributed by atoms with Crippen LogP contribution in [0.25, 0.3) is 0 Å². The van der Waals surface area contributed by atoms with Crippen molar-refractivity contribution < 1.29 is 4.79 Å². The summed E-state index contributed by atoms with van der Waals surface area (Å²) in [6.45, 7) is 2.08. The highest BCUT2D eigenvalue weighted by Gasteiger charge is 2.20. The van der Waals surface area contributed by atoms with Gasteiger partial charge < -0.3 is 15.5 Å². The van der Waals surface area contributed by atoms with E-state index in [0.29, 0.717) is 11.7 Å². The number of nitrogens with one attached hydrogen (secondary N) is 2. The number of hydrogen-bond acceptors (Lipinski definition) is 4. The fourth-order valence-corrected chi connectivity index (χ4v) is 2.27. The van der Waals surface area contributed by atoms with Crippen molar-refractivity contribution in [2.24, 2.45) is 0 Å². The van der Waals surface area contributed by atoms with Gasteiger partial charge in [-0.3, -0.25) is 9.78 Å². The molecule has 1 saturated heterocycles. The average molecular weight is 248 g/mol. The van der Waals surface area contributed by atoms with Crippen molar-refractivity contribution in [3.05, 3.63) is 24.0 Å². The topological polar surface area (TPSA) is 57.3 Å². The zero-order valence-corrected chi connectivity index (χ0v) is 10.9. The summed E-state index contributed by atoms with van der Waals surface area (Å²) in [4.78, 5) is 17.9. The number of anilines is 1. The van der Waals surface area contributed by atoms with Crippen molar-refractivity contribution in [2.45, 2.75) is 18.9 Å². The molecule has 1 aromatic heterocycles. The van der Waals surface area contributed by atoms with Crippen LogP contribution in [0.15, 0.2) is 18.3 Å². The summed E-state index contributed by atoms with van der Waals surface area (Å²) in [5, 5.41) is 5.95. The molecule has 1 unspecified atom stereocenters. The molecule has 1 fully saturated rings. The summed E-state index contributed by atoms with van der Waals surface area (Å²) in [5.74, 6) is -0.156. The Morgan fingerprint density at radius 1 is 1.61 bits per heavy atom. The Hall–Kier alpha value is -1.62. The van der Waals surface area contributed by atoms with Crippen LogP contribution >= 0.6 is 0 Å². The molecule has 1 atom stereocenters. The third-order valence-corrected chi connectivity index (χ3v) is 3.43. The maximum Gasteiger partial charge on any atom is 0.269 e. The van der Waals surface area contributed by atoms with E-state index in [0.717, 1.165) is 12.2 Å². The van der Waals surface area contributed by atoms with Crippen LogP contribution in [-0.2, 0) is 0 Å². The minimum atomic E-state index is -0.156. The first-order valence-corrected chi connectivity index (χ1v) is 6.33. The lowest BCUT2D eigenvalue weighted by molar-refractivity contribution is 0.0958. The normalized spacial score (nSPS) is 19.8. The van der Waals surface area contributed by atoms with Crippen molar-refractivity contribution in [1.29, 1.82) is 0 Å². The quantitative estimate of drug-likeness (QED) is 0.833. The molecule has 2 heterocycles. The number of carbonyl (C=O) groups excluding carboxylic acids is 1. The van der Waals surface area contributed by atoms with Crippen molar-refractivity contribution >= 4 is 11.6 Å². The summed E-state index contributed by atoms with van der Waals surface area (Å²) >= 11 is 0. The lowest BCUT2D eigenvalue weighted by Crippen LogP contribution is -2.31. The molecule has 0 aliphatic carbocycles. The van der Waals surface area contributed by atoms with E-state index < -0.39 is 0 Å². The van der Waals surface area contributed by atoms with Crippen molar-refractivity contribution in [1.82, 2.24) is 15.2 Å². The number of pyridine rings is 1. The zero-order valence-electron chi connectivity index (χ0n) is 10.9. The molecule has 18 heavy (non-hydrogen) atoms. The lowest BCUT2D eigenvalue weighted by atomic mass is 10.2. The highest BCUT2D eigenvalue weighted by atomic mass is 16.1.